The highest BCUT2D eigenvalue weighted by Crippen LogP contribution is 2.35. The molecule has 1 fully saturated rings. The van der Waals surface area contributed by atoms with Crippen LogP contribution in [0.15, 0.2) is 42.6 Å². The topological polar surface area (TPSA) is 130 Å². The van der Waals surface area contributed by atoms with Gasteiger partial charge in [-0.25, -0.2) is 27.8 Å². The summed E-state index contributed by atoms with van der Waals surface area (Å²) in [6.45, 7) is 7.17. The van der Waals surface area contributed by atoms with Crippen LogP contribution in [-0.2, 0) is 20.2 Å². The first-order valence-corrected chi connectivity index (χ1v) is 15.3. The molecule has 2 aromatic carbocycles. The van der Waals surface area contributed by atoms with E-state index in [2.05, 4.69) is 20.3 Å². The predicted molar refractivity (Wildman–Crippen MR) is 157 cm³/mol. The zero-order valence-electron chi connectivity index (χ0n) is 23.0. The third kappa shape index (κ3) is 5.90. The fourth-order valence-corrected chi connectivity index (χ4v) is 6.19. The number of hydrogen-bond acceptors (Lipinski definition) is 8. The van der Waals surface area contributed by atoms with Gasteiger partial charge in [-0.2, -0.15) is 0 Å². The lowest BCUT2D eigenvalue weighted by Crippen LogP contribution is -2.31. The fraction of sp³-hybridized carbons (Fsp3) is 0.357. The zero-order chi connectivity index (χ0) is 29.7. The first kappa shape index (κ1) is 28.9. The number of amides is 1. The number of sulfone groups is 1. The molecule has 1 amide bonds. The molecule has 41 heavy (non-hydrogen) atoms. The number of halogens is 2. The van der Waals surface area contributed by atoms with Crippen LogP contribution in [-0.4, -0.2) is 57.0 Å². The Labute approximate surface area is 242 Å². The number of nitrogens with zero attached hydrogens (tertiary/aromatic N) is 5. The van der Waals surface area contributed by atoms with E-state index in [-0.39, 0.29) is 52.9 Å². The van der Waals surface area contributed by atoms with E-state index >= 15 is 4.39 Å². The molecule has 10 nitrogen and oxygen atoms in total. The molecule has 4 aromatic rings. The quantitative estimate of drug-likeness (QED) is 0.317. The fourth-order valence-electron chi connectivity index (χ4n) is 4.84. The second kappa shape index (κ2) is 10.7. The lowest BCUT2D eigenvalue weighted by molar-refractivity contribution is -0.118. The molecule has 0 atom stereocenters. The summed E-state index contributed by atoms with van der Waals surface area (Å²) >= 11 is 6.45. The van der Waals surface area contributed by atoms with Crippen LogP contribution < -0.4 is 10.2 Å². The molecule has 0 saturated carbocycles. The van der Waals surface area contributed by atoms with Crippen molar-refractivity contribution in [1.29, 1.82) is 0 Å². The average Bonchev–Trinajstić information content (AvgIpc) is 3.25. The van der Waals surface area contributed by atoms with Crippen molar-refractivity contribution in [2.24, 2.45) is 0 Å². The van der Waals surface area contributed by atoms with Gasteiger partial charge in [0.2, 0.25) is 11.9 Å². The third-order valence-corrected chi connectivity index (χ3v) is 8.73. The van der Waals surface area contributed by atoms with E-state index < -0.39 is 21.3 Å². The SMILES string of the molecule is CC(C)n1c(C(C)(C)O)nc2c(F)cc(-c3nc(Nc4ccc(N5CCS(=O)(=O)CCC5=O)cc4)ncc3Cl)cc21. The van der Waals surface area contributed by atoms with Crippen molar-refractivity contribution in [3.63, 3.8) is 0 Å². The summed E-state index contributed by atoms with van der Waals surface area (Å²) in [5.74, 6) is -0.474. The van der Waals surface area contributed by atoms with Crippen molar-refractivity contribution in [3.05, 3.63) is 59.3 Å². The normalized spacial score (nSPS) is 15.9. The molecule has 0 unspecified atom stereocenters. The van der Waals surface area contributed by atoms with Gasteiger partial charge in [0.1, 0.15) is 16.9 Å². The Kier molecular flexibility index (Phi) is 7.51. The average molecular weight is 601 g/mol. The van der Waals surface area contributed by atoms with Crippen molar-refractivity contribution >= 4 is 55.7 Å². The summed E-state index contributed by atoms with van der Waals surface area (Å²) in [4.78, 5) is 27.1. The highest BCUT2D eigenvalue weighted by molar-refractivity contribution is 7.91. The molecule has 1 saturated heterocycles. The Morgan fingerprint density at radius 2 is 1.83 bits per heavy atom. The molecule has 3 heterocycles. The summed E-state index contributed by atoms with van der Waals surface area (Å²) < 4.78 is 41.0. The van der Waals surface area contributed by atoms with E-state index in [1.54, 1.807) is 48.7 Å². The lowest BCUT2D eigenvalue weighted by atomic mass is 10.1. The van der Waals surface area contributed by atoms with E-state index in [0.717, 1.165) is 0 Å². The Bertz CT molecular complexity index is 1750. The van der Waals surface area contributed by atoms with E-state index in [1.807, 2.05) is 13.8 Å². The number of hydrogen-bond donors (Lipinski definition) is 2. The highest BCUT2D eigenvalue weighted by atomic mass is 35.5. The Balaban J connectivity index is 1.45. The molecule has 0 radical (unpaired) electrons. The Morgan fingerprint density at radius 3 is 2.49 bits per heavy atom. The molecule has 216 valence electrons. The minimum absolute atomic E-state index is 0.0485. The first-order chi connectivity index (χ1) is 19.2. The van der Waals surface area contributed by atoms with Gasteiger partial charge in [-0.1, -0.05) is 11.6 Å². The number of carbonyl (C=O) groups is 1. The standard InChI is InChI=1S/C28H30ClFN6O4S/c1-16(2)36-22-14-17(13-21(30)25(22)33-26(36)28(3,4)38)24-20(29)15-31-27(34-24)32-18-5-7-19(8-6-18)35-10-12-41(39,40)11-9-23(35)37/h5-8,13-16,38H,9-12H2,1-4H3,(H,31,32,34). The van der Waals surface area contributed by atoms with Gasteiger partial charge in [-0.3, -0.25) is 4.79 Å². The van der Waals surface area contributed by atoms with Crippen molar-refractivity contribution in [2.75, 3.05) is 28.3 Å². The third-order valence-electron chi connectivity index (χ3n) is 6.82. The maximum absolute atomic E-state index is 15.3. The summed E-state index contributed by atoms with van der Waals surface area (Å²) in [6.07, 6.45) is 1.37. The molecule has 0 aliphatic carbocycles. The molecule has 0 spiro atoms. The summed E-state index contributed by atoms with van der Waals surface area (Å²) in [6, 6.07) is 9.82. The number of rotatable bonds is 6. The van der Waals surface area contributed by atoms with Crippen molar-refractivity contribution < 1.29 is 22.7 Å². The summed E-state index contributed by atoms with van der Waals surface area (Å²) in [7, 11) is -3.24. The second-order valence-electron chi connectivity index (χ2n) is 10.8. The molecule has 2 aromatic heterocycles. The smallest absolute Gasteiger partial charge is 0.228 e. The van der Waals surface area contributed by atoms with Crippen molar-refractivity contribution in [2.45, 2.75) is 45.8 Å². The van der Waals surface area contributed by atoms with Crippen LogP contribution >= 0.6 is 11.6 Å². The van der Waals surface area contributed by atoms with Crippen LogP contribution in [0, 0.1) is 5.82 Å². The van der Waals surface area contributed by atoms with Crippen LogP contribution in [0.4, 0.5) is 21.7 Å². The van der Waals surface area contributed by atoms with Crippen molar-refractivity contribution in [3.8, 4) is 11.3 Å². The number of carbonyl (C=O) groups excluding carboxylic acids is 1. The molecule has 1 aliphatic heterocycles. The molecular formula is C28H30ClFN6O4S. The monoisotopic (exact) mass is 600 g/mol. The van der Waals surface area contributed by atoms with E-state index in [4.69, 9.17) is 11.6 Å². The highest BCUT2D eigenvalue weighted by Gasteiger charge is 2.28. The van der Waals surface area contributed by atoms with Gasteiger partial charge in [0.25, 0.3) is 0 Å². The van der Waals surface area contributed by atoms with Gasteiger partial charge in [0.05, 0.1) is 33.9 Å². The summed E-state index contributed by atoms with van der Waals surface area (Å²) in [5, 5.41) is 14.0. The molecule has 0 bridgehead atoms. The van der Waals surface area contributed by atoms with E-state index in [0.29, 0.717) is 34.0 Å². The largest absolute Gasteiger partial charge is 0.383 e. The maximum atomic E-state index is 15.3. The molecule has 2 N–H and O–H groups in total. The minimum Gasteiger partial charge on any atom is -0.383 e. The number of anilines is 3. The number of benzene rings is 2. The minimum atomic E-state index is -3.24. The van der Waals surface area contributed by atoms with E-state index in [1.165, 1.54) is 17.2 Å². The van der Waals surface area contributed by atoms with Gasteiger partial charge >= 0.3 is 0 Å². The van der Waals surface area contributed by atoms with Gasteiger partial charge in [-0.15, -0.1) is 0 Å². The predicted octanol–water partition coefficient (Wildman–Crippen LogP) is 4.99. The van der Waals surface area contributed by atoms with Gasteiger partial charge < -0.3 is 19.9 Å². The van der Waals surface area contributed by atoms with Crippen LogP contribution in [0.5, 0.6) is 0 Å². The van der Waals surface area contributed by atoms with Gasteiger partial charge in [-0.05, 0) is 64.1 Å². The number of nitrogens with one attached hydrogen (secondary N) is 1. The van der Waals surface area contributed by atoms with Crippen LogP contribution in [0.1, 0.15) is 46.0 Å². The molecule has 1 aliphatic rings. The summed E-state index contributed by atoms with van der Waals surface area (Å²) in [5.41, 5.74) is 1.29. The lowest BCUT2D eigenvalue weighted by Gasteiger charge is -2.21. The molecule has 13 heteroatoms. The van der Waals surface area contributed by atoms with E-state index in [9.17, 15) is 18.3 Å². The van der Waals surface area contributed by atoms with Crippen LogP contribution in [0.2, 0.25) is 5.02 Å². The molecular weight excluding hydrogens is 571 g/mol. The van der Waals surface area contributed by atoms with Gasteiger partial charge in [0, 0.05) is 35.9 Å². The Morgan fingerprint density at radius 1 is 1.12 bits per heavy atom. The maximum Gasteiger partial charge on any atom is 0.228 e. The Hall–Kier alpha value is -3.61. The second-order valence-corrected chi connectivity index (χ2v) is 13.5. The number of aromatic nitrogens is 4. The van der Waals surface area contributed by atoms with Gasteiger partial charge in [0.15, 0.2) is 15.7 Å². The van der Waals surface area contributed by atoms with Crippen LogP contribution in [0.3, 0.4) is 0 Å². The number of aliphatic hydroxyl groups is 1. The number of imidazole rings is 1. The van der Waals surface area contributed by atoms with Crippen molar-refractivity contribution in [1.82, 2.24) is 19.5 Å². The molecule has 5 rings (SSSR count). The van der Waals surface area contributed by atoms with Crippen LogP contribution in [0.25, 0.3) is 22.3 Å². The zero-order valence-corrected chi connectivity index (χ0v) is 24.6. The number of fused-ring (bicyclic) bond motifs is 1. The first-order valence-electron chi connectivity index (χ1n) is 13.1.